The van der Waals surface area contributed by atoms with Gasteiger partial charge < -0.3 is 19.7 Å². The van der Waals surface area contributed by atoms with Gasteiger partial charge in [-0.15, -0.1) is 0 Å². The summed E-state index contributed by atoms with van der Waals surface area (Å²) in [7, 11) is 0. The molecular weight excluding hydrogens is 372 g/mol. The molecule has 2 aromatic carbocycles. The molecule has 2 aromatic rings. The Bertz CT molecular complexity index is 868. The summed E-state index contributed by atoms with van der Waals surface area (Å²) in [5.74, 6) is 0.0976. The van der Waals surface area contributed by atoms with E-state index in [1.165, 1.54) is 13.0 Å². The van der Waals surface area contributed by atoms with E-state index in [2.05, 4.69) is 0 Å². The molecule has 0 unspecified atom stereocenters. The Morgan fingerprint density at radius 1 is 1.03 bits per heavy atom. The SMILES string of the molecule is CCCc1cc(OCCCOc2ccc(/C=C/C(=O)O)cc2)cc(C(C)=O)c1O. The highest BCUT2D eigenvalue weighted by Gasteiger charge is 2.13. The Balaban J connectivity index is 1.84. The fourth-order valence-corrected chi connectivity index (χ4v) is 2.76. The number of aromatic hydroxyl groups is 1. The summed E-state index contributed by atoms with van der Waals surface area (Å²) in [5.41, 5.74) is 1.77. The molecule has 0 saturated heterocycles. The standard InChI is InChI=1S/C23H26O6/c1-3-5-18-14-20(15-21(16(2)24)23(18)27)29-13-4-12-28-19-9-6-17(7-10-19)8-11-22(25)26/h6-11,14-15,27H,3-5,12-13H2,1-2H3,(H,25,26)/b11-8+. The Labute approximate surface area is 170 Å². The van der Waals surface area contributed by atoms with Crippen LogP contribution in [0.2, 0.25) is 0 Å². The van der Waals surface area contributed by atoms with Crippen LogP contribution in [0.3, 0.4) is 0 Å². The summed E-state index contributed by atoms with van der Waals surface area (Å²) < 4.78 is 11.4. The minimum absolute atomic E-state index is 0.0386. The number of ketones is 1. The topological polar surface area (TPSA) is 93.1 Å². The predicted octanol–water partition coefficient (Wildman–Crippen LogP) is 4.49. The van der Waals surface area contributed by atoms with Crippen LogP contribution < -0.4 is 9.47 Å². The number of carboxylic acids is 1. The van der Waals surface area contributed by atoms with Gasteiger partial charge in [0.15, 0.2) is 5.78 Å². The van der Waals surface area contributed by atoms with Gasteiger partial charge in [0, 0.05) is 12.5 Å². The Morgan fingerprint density at radius 3 is 2.28 bits per heavy atom. The third-order valence-electron chi connectivity index (χ3n) is 4.19. The largest absolute Gasteiger partial charge is 0.507 e. The van der Waals surface area contributed by atoms with Gasteiger partial charge in [0.1, 0.15) is 17.2 Å². The highest BCUT2D eigenvalue weighted by atomic mass is 16.5. The lowest BCUT2D eigenvalue weighted by Crippen LogP contribution is -2.06. The van der Waals surface area contributed by atoms with Gasteiger partial charge in [-0.3, -0.25) is 4.79 Å². The van der Waals surface area contributed by atoms with Gasteiger partial charge in [0.25, 0.3) is 0 Å². The van der Waals surface area contributed by atoms with Crippen LogP contribution in [0.1, 0.15) is 48.2 Å². The molecule has 6 nitrogen and oxygen atoms in total. The van der Waals surface area contributed by atoms with E-state index < -0.39 is 5.97 Å². The first kappa shape index (κ1) is 22.0. The average molecular weight is 398 g/mol. The summed E-state index contributed by atoms with van der Waals surface area (Å²) in [6.45, 7) is 4.29. The third-order valence-corrected chi connectivity index (χ3v) is 4.19. The molecule has 0 aromatic heterocycles. The van der Waals surface area contributed by atoms with Crippen molar-refractivity contribution in [3.63, 3.8) is 0 Å². The molecule has 0 radical (unpaired) electrons. The van der Waals surface area contributed by atoms with Gasteiger partial charge in [-0.1, -0.05) is 25.5 Å². The zero-order valence-corrected chi connectivity index (χ0v) is 16.7. The first-order valence-corrected chi connectivity index (χ1v) is 9.54. The van der Waals surface area contributed by atoms with E-state index in [-0.39, 0.29) is 17.1 Å². The third kappa shape index (κ3) is 6.99. The quantitative estimate of drug-likeness (QED) is 0.329. The van der Waals surface area contributed by atoms with E-state index in [4.69, 9.17) is 14.6 Å². The molecule has 2 rings (SSSR count). The number of Topliss-reactive ketones (excluding diaryl/α,β-unsaturated/α-hetero) is 1. The smallest absolute Gasteiger partial charge is 0.328 e. The fraction of sp³-hybridized carbons (Fsp3) is 0.304. The number of hydrogen-bond acceptors (Lipinski definition) is 5. The van der Waals surface area contributed by atoms with Gasteiger partial charge in [0.05, 0.1) is 18.8 Å². The van der Waals surface area contributed by atoms with E-state index in [1.807, 2.05) is 6.92 Å². The van der Waals surface area contributed by atoms with Crippen LogP contribution in [0.25, 0.3) is 6.08 Å². The second-order valence-electron chi connectivity index (χ2n) is 6.58. The second-order valence-corrected chi connectivity index (χ2v) is 6.58. The van der Waals surface area contributed by atoms with Crippen LogP contribution in [0.5, 0.6) is 17.2 Å². The predicted molar refractivity (Wildman–Crippen MR) is 111 cm³/mol. The molecular formula is C23H26O6. The van der Waals surface area contributed by atoms with E-state index in [0.29, 0.717) is 43.1 Å². The van der Waals surface area contributed by atoms with Gasteiger partial charge in [-0.05, 0) is 54.8 Å². The Morgan fingerprint density at radius 2 is 1.69 bits per heavy atom. The fourth-order valence-electron chi connectivity index (χ4n) is 2.76. The maximum absolute atomic E-state index is 11.7. The number of phenolic OH excluding ortho intramolecular Hbond substituents is 1. The minimum Gasteiger partial charge on any atom is -0.507 e. The van der Waals surface area contributed by atoms with Crippen LogP contribution in [0, 0.1) is 0 Å². The molecule has 0 heterocycles. The number of rotatable bonds is 11. The number of carboxylic acid groups (broad SMARTS) is 1. The number of hydrogen-bond donors (Lipinski definition) is 2. The van der Waals surface area contributed by atoms with E-state index >= 15 is 0 Å². The van der Waals surface area contributed by atoms with Crippen LogP contribution in [-0.4, -0.2) is 35.2 Å². The van der Waals surface area contributed by atoms with Crippen molar-refractivity contribution in [3.8, 4) is 17.2 Å². The maximum Gasteiger partial charge on any atom is 0.328 e. The molecule has 0 amide bonds. The summed E-state index contributed by atoms with van der Waals surface area (Å²) in [5, 5.41) is 18.8. The summed E-state index contributed by atoms with van der Waals surface area (Å²) in [6.07, 6.45) is 4.76. The molecule has 0 aliphatic carbocycles. The minimum atomic E-state index is -0.990. The normalized spacial score (nSPS) is 10.8. The van der Waals surface area contributed by atoms with Crippen molar-refractivity contribution in [2.45, 2.75) is 33.1 Å². The first-order chi connectivity index (χ1) is 13.9. The van der Waals surface area contributed by atoms with Crippen molar-refractivity contribution in [1.29, 1.82) is 0 Å². The van der Waals surface area contributed by atoms with Crippen LogP contribution in [0.15, 0.2) is 42.5 Å². The number of aryl methyl sites for hydroxylation is 1. The molecule has 29 heavy (non-hydrogen) atoms. The highest BCUT2D eigenvalue weighted by molar-refractivity contribution is 5.97. The number of carbonyl (C=O) groups is 2. The van der Waals surface area contributed by atoms with Gasteiger partial charge >= 0.3 is 5.97 Å². The lowest BCUT2D eigenvalue weighted by atomic mass is 10.0. The van der Waals surface area contributed by atoms with Crippen molar-refractivity contribution in [2.75, 3.05) is 13.2 Å². The number of phenols is 1. The Hall–Kier alpha value is -3.28. The van der Waals surface area contributed by atoms with Crippen LogP contribution in [-0.2, 0) is 11.2 Å². The summed E-state index contributed by atoms with van der Waals surface area (Å²) in [4.78, 5) is 22.2. The van der Waals surface area contributed by atoms with Crippen molar-refractivity contribution >= 4 is 17.8 Å². The number of benzene rings is 2. The molecule has 154 valence electrons. The number of ether oxygens (including phenoxy) is 2. The number of aliphatic carboxylic acids is 1. The highest BCUT2D eigenvalue weighted by Crippen LogP contribution is 2.30. The molecule has 0 bridgehead atoms. The van der Waals surface area contributed by atoms with Crippen molar-refractivity contribution < 1.29 is 29.3 Å². The van der Waals surface area contributed by atoms with E-state index in [0.717, 1.165) is 18.1 Å². The molecule has 0 spiro atoms. The summed E-state index contributed by atoms with van der Waals surface area (Å²) in [6, 6.07) is 10.5. The summed E-state index contributed by atoms with van der Waals surface area (Å²) >= 11 is 0. The maximum atomic E-state index is 11.7. The van der Waals surface area contributed by atoms with Gasteiger partial charge in [-0.25, -0.2) is 4.79 Å². The molecule has 2 N–H and O–H groups in total. The molecule has 6 heteroatoms. The monoisotopic (exact) mass is 398 g/mol. The Kier molecular flexibility index (Phi) is 8.27. The molecule has 0 fully saturated rings. The van der Waals surface area contributed by atoms with E-state index in [1.54, 1.807) is 36.4 Å². The molecule has 0 aliphatic heterocycles. The lowest BCUT2D eigenvalue weighted by Gasteiger charge is -2.13. The number of carbonyl (C=O) groups excluding carboxylic acids is 1. The zero-order chi connectivity index (χ0) is 21.2. The molecule has 0 aliphatic rings. The van der Waals surface area contributed by atoms with Crippen LogP contribution in [0.4, 0.5) is 0 Å². The van der Waals surface area contributed by atoms with Crippen molar-refractivity contribution in [2.24, 2.45) is 0 Å². The lowest BCUT2D eigenvalue weighted by molar-refractivity contribution is -0.131. The van der Waals surface area contributed by atoms with E-state index in [9.17, 15) is 14.7 Å². The van der Waals surface area contributed by atoms with Gasteiger partial charge in [-0.2, -0.15) is 0 Å². The molecule has 0 atom stereocenters. The zero-order valence-electron chi connectivity index (χ0n) is 16.7. The average Bonchev–Trinajstić information content (AvgIpc) is 2.69. The van der Waals surface area contributed by atoms with Crippen molar-refractivity contribution in [3.05, 3.63) is 59.2 Å². The van der Waals surface area contributed by atoms with Gasteiger partial charge in [0.2, 0.25) is 0 Å². The van der Waals surface area contributed by atoms with Crippen LogP contribution >= 0.6 is 0 Å². The van der Waals surface area contributed by atoms with Crippen molar-refractivity contribution in [1.82, 2.24) is 0 Å². The first-order valence-electron chi connectivity index (χ1n) is 9.54. The molecule has 0 saturated carbocycles. The second kappa shape index (κ2) is 10.9.